The zero-order valence-corrected chi connectivity index (χ0v) is 17.1. The first kappa shape index (κ1) is 20.9. The van der Waals surface area contributed by atoms with E-state index in [9.17, 15) is 13.2 Å². The third-order valence-electron chi connectivity index (χ3n) is 4.04. The predicted octanol–water partition coefficient (Wildman–Crippen LogP) is 4.47. The van der Waals surface area contributed by atoms with E-state index in [2.05, 4.69) is 5.32 Å². The average Bonchev–Trinajstić information content (AvgIpc) is 2.69. The molecular weight excluding hydrogens is 410 g/mol. The fourth-order valence-electron chi connectivity index (χ4n) is 2.66. The first-order valence-electron chi connectivity index (χ1n) is 8.91. The maximum absolute atomic E-state index is 12.2. The highest BCUT2D eigenvalue weighted by atomic mass is 35.5. The summed E-state index contributed by atoms with van der Waals surface area (Å²) in [5.41, 5.74) is 2.14. The molecule has 0 aliphatic heterocycles. The minimum Gasteiger partial charge on any atom is -0.489 e. The highest BCUT2D eigenvalue weighted by molar-refractivity contribution is 7.91. The molecule has 1 N–H and O–H groups in total. The maximum atomic E-state index is 12.2. The summed E-state index contributed by atoms with van der Waals surface area (Å²) in [5.74, 6) is -0.745. The minimum atomic E-state index is -3.59. The van der Waals surface area contributed by atoms with Gasteiger partial charge in [0.15, 0.2) is 9.84 Å². The topological polar surface area (TPSA) is 72.5 Å². The predicted molar refractivity (Wildman–Crippen MR) is 115 cm³/mol. The molecular formula is C22H20ClNO4S. The van der Waals surface area contributed by atoms with Crippen molar-refractivity contribution in [1.82, 2.24) is 0 Å². The van der Waals surface area contributed by atoms with Crippen LogP contribution in [0.5, 0.6) is 5.75 Å². The molecule has 29 heavy (non-hydrogen) atoms. The summed E-state index contributed by atoms with van der Waals surface area (Å²) >= 11 is 5.80. The van der Waals surface area contributed by atoms with Gasteiger partial charge in [-0.1, -0.05) is 54.1 Å². The second-order valence-electron chi connectivity index (χ2n) is 6.51. The average molecular weight is 430 g/mol. The van der Waals surface area contributed by atoms with E-state index in [0.29, 0.717) is 28.6 Å². The highest BCUT2D eigenvalue weighted by Gasteiger charge is 2.17. The van der Waals surface area contributed by atoms with Crippen LogP contribution in [0.3, 0.4) is 0 Å². The van der Waals surface area contributed by atoms with Crippen molar-refractivity contribution in [3.05, 3.63) is 95.0 Å². The summed E-state index contributed by atoms with van der Waals surface area (Å²) in [5, 5.41) is 3.13. The van der Waals surface area contributed by atoms with Gasteiger partial charge in [0.25, 0.3) is 0 Å². The Kier molecular flexibility index (Phi) is 6.90. The van der Waals surface area contributed by atoms with E-state index in [1.54, 1.807) is 48.5 Å². The first-order valence-corrected chi connectivity index (χ1v) is 11.1. The molecule has 7 heteroatoms. The molecule has 1 amide bonds. The summed E-state index contributed by atoms with van der Waals surface area (Å²) in [6, 6.07) is 23.1. The molecule has 0 radical (unpaired) electrons. The molecule has 0 atom stereocenters. The van der Waals surface area contributed by atoms with Crippen LogP contribution >= 0.6 is 11.6 Å². The number of nitrogens with one attached hydrogen (secondary N) is 1. The molecule has 0 unspecified atom stereocenters. The van der Waals surface area contributed by atoms with E-state index in [0.717, 1.165) is 5.56 Å². The van der Waals surface area contributed by atoms with Crippen molar-refractivity contribution in [2.75, 3.05) is 11.1 Å². The zero-order valence-electron chi connectivity index (χ0n) is 15.5. The van der Waals surface area contributed by atoms with Crippen molar-refractivity contribution in [1.29, 1.82) is 0 Å². The fraction of sp³-hybridized carbons (Fsp3) is 0.136. The third kappa shape index (κ3) is 6.93. The Bertz CT molecular complexity index is 1050. The molecule has 0 saturated heterocycles. The summed E-state index contributed by atoms with van der Waals surface area (Å²) in [6.45, 7) is 0.440. The van der Waals surface area contributed by atoms with Crippen molar-refractivity contribution in [3.63, 3.8) is 0 Å². The molecule has 0 saturated carbocycles. The van der Waals surface area contributed by atoms with Gasteiger partial charge in [-0.05, 0) is 47.5 Å². The number of amides is 1. The number of anilines is 1. The summed E-state index contributed by atoms with van der Waals surface area (Å²) < 4.78 is 30.2. The molecule has 3 rings (SSSR count). The molecule has 3 aromatic carbocycles. The molecule has 0 aromatic heterocycles. The number of rotatable bonds is 8. The van der Waals surface area contributed by atoms with Gasteiger partial charge in [-0.15, -0.1) is 0 Å². The lowest BCUT2D eigenvalue weighted by molar-refractivity contribution is -0.113. The van der Waals surface area contributed by atoms with Crippen molar-refractivity contribution in [2.24, 2.45) is 0 Å². The van der Waals surface area contributed by atoms with Crippen molar-refractivity contribution in [3.8, 4) is 5.75 Å². The Morgan fingerprint density at radius 2 is 1.52 bits per heavy atom. The lowest BCUT2D eigenvalue weighted by atomic mass is 10.2. The normalized spacial score (nSPS) is 11.1. The fourth-order valence-corrected chi connectivity index (χ4v) is 4.06. The second kappa shape index (κ2) is 9.58. The van der Waals surface area contributed by atoms with Gasteiger partial charge >= 0.3 is 0 Å². The number of sulfone groups is 1. The minimum absolute atomic E-state index is 0.218. The van der Waals surface area contributed by atoms with Crippen LogP contribution in [0, 0.1) is 0 Å². The Morgan fingerprint density at radius 1 is 0.862 bits per heavy atom. The van der Waals surface area contributed by atoms with E-state index in [1.807, 2.05) is 30.3 Å². The Balaban J connectivity index is 1.51. The van der Waals surface area contributed by atoms with Crippen molar-refractivity contribution >= 4 is 33.0 Å². The Morgan fingerprint density at radius 3 is 2.17 bits per heavy atom. The molecule has 3 aromatic rings. The smallest absolute Gasteiger partial charge is 0.239 e. The first-order chi connectivity index (χ1) is 13.9. The lowest BCUT2D eigenvalue weighted by Crippen LogP contribution is -2.23. The van der Waals surface area contributed by atoms with Gasteiger partial charge in [0, 0.05) is 10.7 Å². The van der Waals surface area contributed by atoms with E-state index in [4.69, 9.17) is 16.3 Å². The van der Waals surface area contributed by atoms with Gasteiger partial charge in [0.05, 0.1) is 5.75 Å². The van der Waals surface area contributed by atoms with Crippen LogP contribution < -0.4 is 10.1 Å². The summed E-state index contributed by atoms with van der Waals surface area (Å²) in [4.78, 5) is 12.1. The van der Waals surface area contributed by atoms with Crippen molar-refractivity contribution < 1.29 is 17.9 Å². The van der Waals surface area contributed by atoms with Crippen LogP contribution in [0.25, 0.3) is 0 Å². The largest absolute Gasteiger partial charge is 0.489 e. The molecule has 0 aliphatic carbocycles. The molecule has 0 spiro atoms. The second-order valence-corrected chi connectivity index (χ2v) is 9.01. The lowest BCUT2D eigenvalue weighted by Gasteiger charge is -2.09. The van der Waals surface area contributed by atoms with E-state index < -0.39 is 21.5 Å². The Labute approximate surface area is 175 Å². The Hall–Kier alpha value is -2.83. The van der Waals surface area contributed by atoms with Crippen LogP contribution in [-0.4, -0.2) is 20.1 Å². The number of hydrogen-bond donors (Lipinski definition) is 1. The van der Waals surface area contributed by atoms with Crippen LogP contribution in [0.2, 0.25) is 5.02 Å². The van der Waals surface area contributed by atoms with Gasteiger partial charge in [0.1, 0.15) is 18.1 Å². The number of hydrogen-bond acceptors (Lipinski definition) is 4. The highest BCUT2D eigenvalue weighted by Crippen LogP contribution is 2.18. The maximum Gasteiger partial charge on any atom is 0.239 e. The quantitative estimate of drug-likeness (QED) is 0.573. The van der Waals surface area contributed by atoms with E-state index >= 15 is 0 Å². The van der Waals surface area contributed by atoms with Crippen LogP contribution in [0.15, 0.2) is 78.9 Å². The number of ether oxygens (including phenoxy) is 1. The molecule has 150 valence electrons. The molecule has 0 fully saturated rings. The van der Waals surface area contributed by atoms with Gasteiger partial charge < -0.3 is 10.1 Å². The van der Waals surface area contributed by atoms with Crippen molar-refractivity contribution in [2.45, 2.75) is 12.4 Å². The number of carbonyl (C=O) groups is 1. The van der Waals surface area contributed by atoms with Gasteiger partial charge in [-0.3, -0.25) is 4.79 Å². The zero-order chi connectivity index (χ0) is 20.7. The summed E-state index contributed by atoms with van der Waals surface area (Å²) in [6.07, 6.45) is 0. The monoisotopic (exact) mass is 429 g/mol. The molecule has 5 nitrogen and oxygen atoms in total. The summed E-state index contributed by atoms with van der Waals surface area (Å²) in [7, 11) is -3.59. The SMILES string of the molecule is O=C(CS(=O)(=O)Cc1ccc(Cl)cc1)Nc1ccc(OCc2ccccc2)cc1. The number of carbonyl (C=O) groups excluding carboxylic acids is 1. The van der Waals surface area contributed by atoms with Gasteiger partial charge in [-0.25, -0.2) is 8.42 Å². The number of benzene rings is 3. The van der Waals surface area contributed by atoms with Gasteiger partial charge in [-0.2, -0.15) is 0 Å². The number of halogens is 1. The van der Waals surface area contributed by atoms with Crippen LogP contribution in [0.1, 0.15) is 11.1 Å². The van der Waals surface area contributed by atoms with E-state index in [1.165, 1.54) is 0 Å². The third-order valence-corrected chi connectivity index (χ3v) is 5.76. The van der Waals surface area contributed by atoms with Crippen LogP contribution in [0.4, 0.5) is 5.69 Å². The molecule has 0 bridgehead atoms. The van der Waals surface area contributed by atoms with Gasteiger partial charge in [0.2, 0.25) is 5.91 Å². The van der Waals surface area contributed by atoms with Crippen LogP contribution in [-0.2, 0) is 27.0 Å². The molecule has 0 heterocycles. The standard InChI is InChI=1S/C22H20ClNO4S/c23-19-8-6-18(7-9-19)15-29(26,27)16-22(25)24-20-10-12-21(13-11-20)28-14-17-4-2-1-3-5-17/h1-13H,14-16H2,(H,24,25). The molecule has 0 aliphatic rings. The van der Waals surface area contributed by atoms with E-state index in [-0.39, 0.29) is 5.75 Å².